The molecule has 0 N–H and O–H groups in total. The Morgan fingerprint density at radius 1 is 1.00 bits per heavy atom. The third-order valence-electron chi connectivity index (χ3n) is 4.16. The average Bonchev–Trinajstić information content (AvgIpc) is 3.09. The van der Waals surface area contributed by atoms with Crippen LogP contribution in [0.25, 0.3) is 5.69 Å². The SMILES string of the molecule is CC(C)(C)c1ccn(-c2ccc(CN3CCCC3)cc2)n1. The molecule has 0 radical (unpaired) electrons. The highest BCUT2D eigenvalue weighted by Crippen LogP contribution is 2.21. The van der Waals surface area contributed by atoms with Gasteiger partial charge in [0.2, 0.25) is 0 Å². The molecule has 3 nitrogen and oxygen atoms in total. The van der Waals surface area contributed by atoms with E-state index in [0.29, 0.717) is 0 Å². The Balaban J connectivity index is 1.73. The third-order valence-corrected chi connectivity index (χ3v) is 4.16. The normalized spacial score (nSPS) is 16.5. The first kappa shape index (κ1) is 14.3. The number of nitrogens with zero attached hydrogens (tertiary/aromatic N) is 3. The van der Waals surface area contributed by atoms with Crippen LogP contribution in [-0.2, 0) is 12.0 Å². The molecule has 112 valence electrons. The lowest BCUT2D eigenvalue weighted by Crippen LogP contribution is -2.18. The summed E-state index contributed by atoms with van der Waals surface area (Å²) in [5, 5.41) is 4.69. The second kappa shape index (κ2) is 5.64. The van der Waals surface area contributed by atoms with Gasteiger partial charge in [-0.1, -0.05) is 32.9 Å². The molecule has 3 rings (SSSR count). The van der Waals surface area contributed by atoms with Crippen molar-refractivity contribution in [2.24, 2.45) is 0 Å². The van der Waals surface area contributed by atoms with Gasteiger partial charge >= 0.3 is 0 Å². The Morgan fingerprint density at radius 2 is 1.67 bits per heavy atom. The van der Waals surface area contributed by atoms with Crippen LogP contribution < -0.4 is 0 Å². The van der Waals surface area contributed by atoms with E-state index < -0.39 is 0 Å². The first-order valence-electron chi connectivity index (χ1n) is 7.90. The van der Waals surface area contributed by atoms with Gasteiger partial charge in [0.1, 0.15) is 0 Å². The minimum atomic E-state index is 0.0982. The molecule has 2 heterocycles. The number of benzene rings is 1. The molecular weight excluding hydrogens is 258 g/mol. The Kier molecular flexibility index (Phi) is 3.85. The maximum absolute atomic E-state index is 4.69. The molecule has 0 spiro atoms. The van der Waals surface area contributed by atoms with E-state index >= 15 is 0 Å². The third kappa shape index (κ3) is 3.35. The predicted octanol–water partition coefficient (Wildman–Crippen LogP) is 3.77. The highest BCUT2D eigenvalue weighted by Gasteiger charge is 2.17. The van der Waals surface area contributed by atoms with Gasteiger partial charge < -0.3 is 0 Å². The second-order valence-corrected chi connectivity index (χ2v) is 7.05. The van der Waals surface area contributed by atoms with E-state index in [0.717, 1.165) is 17.9 Å². The molecule has 1 aliphatic rings. The van der Waals surface area contributed by atoms with Gasteiger partial charge in [-0.05, 0) is 49.7 Å². The Morgan fingerprint density at radius 3 is 2.24 bits per heavy atom. The van der Waals surface area contributed by atoms with Crippen LogP contribution in [0.4, 0.5) is 0 Å². The minimum absolute atomic E-state index is 0.0982. The highest BCUT2D eigenvalue weighted by molar-refractivity contribution is 5.34. The molecule has 0 atom stereocenters. The molecule has 3 heteroatoms. The van der Waals surface area contributed by atoms with Gasteiger partial charge in [-0.25, -0.2) is 4.68 Å². The lowest BCUT2D eigenvalue weighted by molar-refractivity contribution is 0.331. The van der Waals surface area contributed by atoms with E-state index in [1.165, 1.54) is 31.5 Å². The van der Waals surface area contributed by atoms with Crippen LogP contribution in [0.3, 0.4) is 0 Å². The Bertz CT molecular complexity index is 584. The Hall–Kier alpha value is -1.61. The van der Waals surface area contributed by atoms with Crippen molar-refractivity contribution < 1.29 is 0 Å². The van der Waals surface area contributed by atoms with Gasteiger partial charge in [-0.15, -0.1) is 0 Å². The van der Waals surface area contributed by atoms with E-state index in [-0.39, 0.29) is 5.41 Å². The fourth-order valence-electron chi connectivity index (χ4n) is 2.82. The van der Waals surface area contributed by atoms with Crippen LogP contribution in [0, 0.1) is 0 Å². The largest absolute Gasteiger partial charge is 0.299 e. The summed E-state index contributed by atoms with van der Waals surface area (Å²) in [7, 11) is 0. The first-order valence-corrected chi connectivity index (χ1v) is 7.90. The summed E-state index contributed by atoms with van der Waals surface area (Å²) in [6.45, 7) is 10.1. The van der Waals surface area contributed by atoms with Crippen molar-refractivity contribution in [3.05, 3.63) is 47.8 Å². The second-order valence-electron chi connectivity index (χ2n) is 7.05. The number of rotatable bonds is 3. The van der Waals surface area contributed by atoms with Gasteiger partial charge in [0.15, 0.2) is 0 Å². The van der Waals surface area contributed by atoms with Crippen molar-refractivity contribution in [1.82, 2.24) is 14.7 Å². The van der Waals surface area contributed by atoms with Crippen molar-refractivity contribution in [3.8, 4) is 5.69 Å². The molecule has 0 aliphatic carbocycles. The molecule has 1 aliphatic heterocycles. The average molecular weight is 283 g/mol. The van der Waals surface area contributed by atoms with Crippen molar-refractivity contribution in [2.45, 2.75) is 45.6 Å². The Labute approximate surface area is 127 Å². The predicted molar refractivity (Wildman–Crippen MR) is 86.8 cm³/mol. The standard InChI is InChI=1S/C18H25N3/c1-18(2,3)17-10-13-21(19-17)16-8-6-15(7-9-16)14-20-11-4-5-12-20/h6-10,13H,4-5,11-12,14H2,1-3H3. The maximum atomic E-state index is 4.69. The van der Waals surface area contributed by atoms with Crippen molar-refractivity contribution in [1.29, 1.82) is 0 Å². The molecular formula is C18H25N3. The molecule has 1 aromatic carbocycles. The summed E-state index contributed by atoms with van der Waals surface area (Å²) < 4.78 is 1.97. The molecule has 2 aromatic rings. The number of likely N-dealkylation sites (tertiary alicyclic amines) is 1. The molecule has 0 amide bonds. The quantitative estimate of drug-likeness (QED) is 0.855. The minimum Gasteiger partial charge on any atom is -0.299 e. The van der Waals surface area contributed by atoms with Crippen molar-refractivity contribution in [2.75, 3.05) is 13.1 Å². The molecule has 0 saturated carbocycles. The number of aromatic nitrogens is 2. The van der Waals surface area contributed by atoms with E-state index in [1.54, 1.807) is 0 Å². The molecule has 1 fully saturated rings. The number of hydrogen-bond donors (Lipinski definition) is 0. The van der Waals surface area contributed by atoms with Gasteiger partial charge in [0.05, 0.1) is 11.4 Å². The molecule has 1 aromatic heterocycles. The summed E-state index contributed by atoms with van der Waals surface area (Å²) in [5.74, 6) is 0. The van der Waals surface area contributed by atoms with Crippen molar-refractivity contribution in [3.63, 3.8) is 0 Å². The van der Waals surface area contributed by atoms with Crippen LogP contribution >= 0.6 is 0 Å². The lowest BCUT2D eigenvalue weighted by atomic mass is 9.93. The summed E-state index contributed by atoms with van der Waals surface area (Å²) in [6.07, 6.45) is 4.75. The van der Waals surface area contributed by atoms with Gasteiger partial charge in [0.25, 0.3) is 0 Å². The topological polar surface area (TPSA) is 21.1 Å². The van der Waals surface area contributed by atoms with Crippen molar-refractivity contribution >= 4 is 0 Å². The summed E-state index contributed by atoms with van der Waals surface area (Å²) in [5.41, 5.74) is 3.75. The van der Waals surface area contributed by atoms with Crippen LogP contribution in [0.1, 0.15) is 44.9 Å². The molecule has 0 unspecified atom stereocenters. The molecule has 1 saturated heterocycles. The fourth-order valence-corrected chi connectivity index (χ4v) is 2.82. The summed E-state index contributed by atoms with van der Waals surface area (Å²) >= 11 is 0. The highest BCUT2D eigenvalue weighted by atomic mass is 15.3. The van der Waals surface area contributed by atoms with E-state index in [1.807, 2.05) is 4.68 Å². The van der Waals surface area contributed by atoms with Crippen LogP contribution in [0.2, 0.25) is 0 Å². The summed E-state index contributed by atoms with van der Waals surface area (Å²) in [4.78, 5) is 2.53. The number of hydrogen-bond acceptors (Lipinski definition) is 2. The van der Waals surface area contributed by atoms with E-state index in [4.69, 9.17) is 5.10 Å². The fraction of sp³-hybridized carbons (Fsp3) is 0.500. The van der Waals surface area contributed by atoms with E-state index in [9.17, 15) is 0 Å². The van der Waals surface area contributed by atoms with Gasteiger partial charge in [0, 0.05) is 18.2 Å². The first-order chi connectivity index (χ1) is 10.0. The lowest BCUT2D eigenvalue weighted by Gasteiger charge is -2.15. The smallest absolute Gasteiger partial charge is 0.0682 e. The van der Waals surface area contributed by atoms with Crippen LogP contribution in [0.5, 0.6) is 0 Å². The summed E-state index contributed by atoms with van der Waals surface area (Å²) in [6, 6.07) is 10.9. The van der Waals surface area contributed by atoms with E-state index in [2.05, 4.69) is 62.2 Å². The van der Waals surface area contributed by atoms with Crippen LogP contribution in [-0.4, -0.2) is 27.8 Å². The zero-order chi connectivity index (χ0) is 14.9. The van der Waals surface area contributed by atoms with Crippen LogP contribution in [0.15, 0.2) is 36.5 Å². The zero-order valence-corrected chi connectivity index (χ0v) is 13.3. The van der Waals surface area contributed by atoms with Gasteiger partial charge in [-0.3, -0.25) is 4.90 Å². The monoisotopic (exact) mass is 283 g/mol. The zero-order valence-electron chi connectivity index (χ0n) is 13.3. The molecule has 21 heavy (non-hydrogen) atoms. The molecule has 0 bridgehead atoms. The maximum Gasteiger partial charge on any atom is 0.0682 e. The van der Waals surface area contributed by atoms with Gasteiger partial charge in [-0.2, -0.15) is 5.10 Å².